The summed E-state index contributed by atoms with van der Waals surface area (Å²) in [5.41, 5.74) is 0.747. The second-order valence-corrected chi connectivity index (χ2v) is 5.96. The molecule has 1 aromatic rings. The number of nitrogens with zero attached hydrogens (tertiary/aromatic N) is 2. The van der Waals surface area contributed by atoms with Crippen LogP contribution in [0.2, 0.25) is 0 Å². The van der Waals surface area contributed by atoms with Crippen molar-refractivity contribution >= 4 is 16.0 Å². The summed E-state index contributed by atoms with van der Waals surface area (Å²) < 4.78 is 24.9. The Morgan fingerprint density at radius 2 is 1.95 bits per heavy atom. The van der Waals surface area contributed by atoms with Crippen LogP contribution in [-0.4, -0.2) is 36.1 Å². The largest absolute Gasteiger partial charge is 0.481 e. The van der Waals surface area contributed by atoms with Crippen LogP contribution in [0.1, 0.15) is 12.0 Å². The second kappa shape index (κ2) is 6.87. The van der Waals surface area contributed by atoms with Gasteiger partial charge in [-0.2, -0.15) is 9.57 Å². The van der Waals surface area contributed by atoms with Crippen molar-refractivity contribution < 1.29 is 18.3 Å². The molecule has 0 heterocycles. The van der Waals surface area contributed by atoms with E-state index in [1.165, 1.54) is 0 Å². The highest BCUT2D eigenvalue weighted by Gasteiger charge is 2.22. The fourth-order valence-electron chi connectivity index (χ4n) is 1.46. The van der Waals surface area contributed by atoms with Crippen molar-refractivity contribution in [2.45, 2.75) is 13.0 Å². The molecule has 1 rings (SSSR count). The molecule has 6 nitrogen and oxygen atoms in total. The molecule has 0 aliphatic carbocycles. The zero-order chi connectivity index (χ0) is 14.3. The molecule has 0 unspecified atom stereocenters. The molecule has 0 aliphatic rings. The van der Waals surface area contributed by atoms with Crippen molar-refractivity contribution in [1.82, 2.24) is 4.31 Å². The predicted octanol–water partition coefficient (Wildman–Crippen LogP) is 0.817. The number of benzene rings is 1. The highest BCUT2D eigenvalue weighted by molar-refractivity contribution is 7.89. The summed E-state index contributed by atoms with van der Waals surface area (Å²) in [6.45, 7) is -0.229. The van der Waals surface area contributed by atoms with Gasteiger partial charge >= 0.3 is 5.97 Å². The average molecular weight is 282 g/mol. The Bertz CT molecular complexity index is 563. The van der Waals surface area contributed by atoms with Gasteiger partial charge < -0.3 is 5.11 Å². The molecule has 19 heavy (non-hydrogen) atoms. The molecule has 1 N–H and O–H groups in total. The Morgan fingerprint density at radius 1 is 1.32 bits per heavy atom. The van der Waals surface area contributed by atoms with Gasteiger partial charge in [-0.3, -0.25) is 4.79 Å². The van der Waals surface area contributed by atoms with Crippen LogP contribution >= 0.6 is 0 Å². The Kier molecular flexibility index (Phi) is 5.48. The molecule has 0 aromatic heterocycles. The standard InChI is InChI=1S/C12H14N2O4S/c13-7-8-14(10-11-4-2-1-3-5-11)19(17,18)9-6-12(15)16/h1-5H,6,8-10H2,(H,15,16). The van der Waals surface area contributed by atoms with Gasteiger partial charge in [-0.05, 0) is 5.56 Å². The maximum absolute atomic E-state index is 11.9. The van der Waals surface area contributed by atoms with Crippen LogP contribution in [-0.2, 0) is 21.4 Å². The van der Waals surface area contributed by atoms with Crippen LogP contribution in [0.25, 0.3) is 0 Å². The van der Waals surface area contributed by atoms with Crippen LogP contribution in [0, 0.1) is 11.3 Å². The van der Waals surface area contributed by atoms with E-state index < -0.39 is 28.2 Å². The van der Waals surface area contributed by atoms with E-state index in [4.69, 9.17) is 10.4 Å². The number of rotatable bonds is 7. The third-order valence-electron chi connectivity index (χ3n) is 2.42. The lowest BCUT2D eigenvalue weighted by Gasteiger charge is -2.18. The highest BCUT2D eigenvalue weighted by atomic mass is 32.2. The van der Waals surface area contributed by atoms with Gasteiger partial charge in [0.25, 0.3) is 0 Å². The quantitative estimate of drug-likeness (QED) is 0.746. The van der Waals surface area contributed by atoms with Crippen molar-refractivity contribution in [2.75, 3.05) is 12.3 Å². The summed E-state index contributed by atoms with van der Waals surface area (Å²) in [6, 6.07) is 10.6. The average Bonchev–Trinajstić information content (AvgIpc) is 2.37. The summed E-state index contributed by atoms with van der Waals surface area (Å²) in [5.74, 6) is -1.68. The SMILES string of the molecule is N#CCN(Cc1ccccc1)S(=O)(=O)CCC(=O)O. The second-order valence-electron chi connectivity index (χ2n) is 3.87. The van der Waals surface area contributed by atoms with Crippen LogP contribution in [0.4, 0.5) is 0 Å². The maximum atomic E-state index is 11.9. The monoisotopic (exact) mass is 282 g/mol. The lowest BCUT2D eigenvalue weighted by atomic mass is 10.2. The van der Waals surface area contributed by atoms with Crippen molar-refractivity contribution in [3.05, 3.63) is 35.9 Å². The van der Waals surface area contributed by atoms with Gasteiger partial charge in [0.05, 0.1) is 18.2 Å². The molecule has 0 fully saturated rings. The van der Waals surface area contributed by atoms with Crippen molar-refractivity contribution in [3.63, 3.8) is 0 Å². The van der Waals surface area contributed by atoms with Gasteiger partial charge in [-0.25, -0.2) is 8.42 Å². The van der Waals surface area contributed by atoms with Gasteiger partial charge in [-0.15, -0.1) is 0 Å². The third kappa shape index (κ3) is 5.07. The van der Waals surface area contributed by atoms with E-state index in [0.717, 1.165) is 9.87 Å². The van der Waals surface area contributed by atoms with E-state index in [9.17, 15) is 13.2 Å². The molecule has 0 bridgehead atoms. The molecule has 102 valence electrons. The first-order chi connectivity index (χ1) is 8.95. The van der Waals surface area contributed by atoms with Crippen molar-refractivity contribution in [2.24, 2.45) is 0 Å². The van der Waals surface area contributed by atoms with E-state index in [1.807, 2.05) is 0 Å². The summed E-state index contributed by atoms with van der Waals surface area (Å²) in [7, 11) is -3.75. The topological polar surface area (TPSA) is 98.5 Å². The van der Waals surface area contributed by atoms with Gasteiger partial charge in [0.1, 0.15) is 6.54 Å². The van der Waals surface area contributed by atoms with Crippen molar-refractivity contribution in [3.8, 4) is 6.07 Å². The summed E-state index contributed by atoms with van der Waals surface area (Å²) in [6.07, 6.45) is -0.473. The Hall–Kier alpha value is -1.91. The zero-order valence-corrected chi connectivity index (χ0v) is 11.0. The van der Waals surface area contributed by atoms with Crippen LogP contribution in [0.3, 0.4) is 0 Å². The Morgan fingerprint density at radius 3 is 2.47 bits per heavy atom. The molecule has 0 spiro atoms. The summed E-state index contributed by atoms with van der Waals surface area (Å²) in [5, 5.41) is 17.2. The summed E-state index contributed by atoms with van der Waals surface area (Å²) in [4.78, 5) is 10.4. The van der Waals surface area contributed by atoms with Crippen LogP contribution in [0.5, 0.6) is 0 Å². The van der Waals surface area contributed by atoms with Gasteiger partial charge in [0, 0.05) is 6.54 Å². The number of carbonyl (C=O) groups is 1. The first-order valence-electron chi connectivity index (χ1n) is 5.56. The minimum Gasteiger partial charge on any atom is -0.481 e. The molecule has 0 radical (unpaired) electrons. The lowest BCUT2D eigenvalue weighted by Crippen LogP contribution is -2.33. The maximum Gasteiger partial charge on any atom is 0.304 e. The van der Waals surface area contributed by atoms with E-state index in [1.54, 1.807) is 36.4 Å². The molecular weight excluding hydrogens is 268 g/mol. The van der Waals surface area contributed by atoms with E-state index >= 15 is 0 Å². The van der Waals surface area contributed by atoms with Crippen molar-refractivity contribution in [1.29, 1.82) is 5.26 Å². The molecule has 0 atom stereocenters. The smallest absolute Gasteiger partial charge is 0.304 e. The molecule has 1 aromatic carbocycles. The minimum atomic E-state index is -3.75. The molecule has 0 saturated carbocycles. The number of hydrogen-bond donors (Lipinski definition) is 1. The molecule has 7 heteroatoms. The highest BCUT2D eigenvalue weighted by Crippen LogP contribution is 2.10. The molecule has 0 amide bonds. The van der Waals surface area contributed by atoms with Gasteiger partial charge in [0.15, 0.2) is 0 Å². The van der Waals surface area contributed by atoms with Gasteiger partial charge in [-0.1, -0.05) is 30.3 Å². The van der Waals surface area contributed by atoms with E-state index in [-0.39, 0.29) is 13.1 Å². The van der Waals surface area contributed by atoms with Crippen LogP contribution < -0.4 is 0 Å². The minimum absolute atomic E-state index is 0.0658. The first-order valence-corrected chi connectivity index (χ1v) is 7.17. The molecule has 0 aliphatic heterocycles. The lowest BCUT2D eigenvalue weighted by molar-refractivity contribution is -0.136. The predicted molar refractivity (Wildman–Crippen MR) is 68.5 cm³/mol. The third-order valence-corrected chi connectivity index (χ3v) is 4.18. The zero-order valence-electron chi connectivity index (χ0n) is 10.2. The van der Waals surface area contributed by atoms with Gasteiger partial charge in [0.2, 0.25) is 10.0 Å². The van der Waals surface area contributed by atoms with E-state index in [2.05, 4.69) is 0 Å². The summed E-state index contributed by atoms with van der Waals surface area (Å²) >= 11 is 0. The number of nitriles is 1. The number of sulfonamides is 1. The first kappa shape index (κ1) is 15.1. The fraction of sp³-hybridized carbons (Fsp3) is 0.333. The van der Waals surface area contributed by atoms with Crippen LogP contribution in [0.15, 0.2) is 30.3 Å². The number of carboxylic acids is 1. The Balaban J connectivity index is 2.82. The normalized spacial score (nSPS) is 11.2. The molecular formula is C12H14N2O4S. The number of hydrogen-bond acceptors (Lipinski definition) is 4. The fourth-order valence-corrected chi connectivity index (χ4v) is 2.75. The number of aliphatic carboxylic acids is 1. The van der Waals surface area contributed by atoms with E-state index in [0.29, 0.717) is 0 Å². The molecule has 0 saturated heterocycles. The number of carboxylic acid groups (broad SMARTS) is 1. The Labute approximate surface area is 111 Å².